The topological polar surface area (TPSA) is 45.5 Å². The fourth-order valence-corrected chi connectivity index (χ4v) is 14.6. The molecule has 6 nitrogen and oxygen atoms in total. The molecule has 5 heterocycles. The first kappa shape index (κ1) is 50.1. The minimum absolute atomic E-state index is 0.665. The van der Waals surface area contributed by atoms with E-state index in [-0.39, 0.29) is 0 Å². The summed E-state index contributed by atoms with van der Waals surface area (Å²) in [6.07, 6.45) is 0. The van der Waals surface area contributed by atoms with E-state index in [0.717, 1.165) is 88.9 Å². The molecule has 0 radical (unpaired) electrons. The van der Waals surface area contributed by atoms with Gasteiger partial charge in [0.05, 0.1) is 49.7 Å². The first-order valence-corrected chi connectivity index (χ1v) is 30.8. The minimum Gasteiger partial charge on any atom is -0.309 e. The van der Waals surface area contributed by atoms with Crippen molar-refractivity contribution in [3.05, 3.63) is 315 Å². The number of hydrogen-bond acceptors (Lipinski definition) is 2. The quantitative estimate of drug-likeness (QED) is 0.142. The van der Waals surface area contributed by atoms with Gasteiger partial charge in [-0.25, -0.2) is 9.97 Å². The average Bonchev–Trinajstić information content (AvgIpc) is 1.61. The Labute approximate surface area is 517 Å². The number of nitrogens with zero attached hydrogens (tertiary/aromatic N) is 6. The fraction of sp³-hybridized carbons (Fsp3) is 0. The first-order chi connectivity index (χ1) is 44.6. The third-order valence-electron chi connectivity index (χ3n) is 18.8. The van der Waals surface area contributed by atoms with Gasteiger partial charge in [0.25, 0.3) is 0 Å². The highest BCUT2D eigenvalue weighted by atomic mass is 15.1. The molecule has 0 atom stereocenters. The van der Waals surface area contributed by atoms with Crippen LogP contribution in [-0.2, 0) is 0 Å². The van der Waals surface area contributed by atoms with Crippen LogP contribution >= 0.6 is 0 Å². The SMILES string of the molecule is c1ccc(-n2c3ccccc3c3cc(-c4ccc5c6ccccc6n(-c6cccc(-c7ccc(-c8nc(-n9c%10ccccc%10c%10ccc(-c%11ccc%12c(c%11)c%11ccccc%11n%12-c%11ccccc%11)cc%109)c9ccc%10ccccc%10c9n8)cc7)c6)c5c4)ccc32)cc1. The van der Waals surface area contributed by atoms with Crippen LogP contribution in [0.15, 0.2) is 315 Å². The van der Waals surface area contributed by atoms with Crippen molar-refractivity contribution in [3.8, 4) is 67.6 Å². The Morgan fingerprint density at radius 2 is 0.567 bits per heavy atom. The Kier molecular flexibility index (Phi) is 11.0. The summed E-state index contributed by atoms with van der Waals surface area (Å²) in [6.45, 7) is 0. The monoisotopic (exact) mass is 1140 g/mol. The molecule has 0 spiro atoms. The lowest BCUT2D eigenvalue weighted by Crippen LogP contribution is -2.03. The van der Waals surface area contributed by atoms with Gasteiger partial charge in [0.2, 0.25) is 0 Å². The summed E-state index contributed by atoms with van der Waals surface area (Å²) in [5.41, 5.74) is 21.4. The van der Waals surface area contributed by atoms with Crippen molar-refractivity contribution in [1.82, 2.24) is 28.2 Å². The highest BCUT2D eigenvalue weighted by molar-refractivity contribution is 6.16. The Balaban J connectivity index is 0.721. The maximum absolute atomic E-state index is 5.65. The largest absolute Gasteiger partial charge is 0.309 e. The van der Waals surface area contributed by atoms with Crippen LogP contribution in [0.3, 0.4) is 0 Å². The van der Waals surface area contributed by atoms with Crippen molar-refractivity contribution in [2.24, 2.45) is 0 Å². The van der Waals surface area contributed by atoms with Crippen LogP contribution in [0.4, 0.5) is 0 Å². The van der Waals surface area contributed by atoms with Gasteiger partial charge < -0.3 is 13.7 Å². The minimum atomic E-state index is 0.665. The zero-order chi connectivity index (χ0) is 59.0. The van der Waals surface area contributed by atoms with Crippen LogP contribution in [0.1, 0.15) is 0 Å². The summed E-state index contributed by atoms with van der Waals surface area (Å²) < 4.78 is 9.56. The summed E-state index contributed by atoms with van der Waals surface area (Å²) >= 11 is 0. The zero-order valence-corrected chi connectivity index (χ0v) is 48.7. The van der Waals surface area contributed by atoms with Crippen LogP contribution in [0.2, 0.25) is 0 Å². The number of aromatic nitrogens is 6. The zero-order valence-electron chi connectivity index (χ0n) is 48.7. The Morgan fingerprint density at radius 3 is 1.13 bits per heavy atom. The van der Waals surface area contributed by atoms with Gasteiger partial charge in [-0.15, -0.1) is 0 Å². The number of para-hydroxylation sites is 6. The van der Waals surface area contributed by atoms with Gasteiger partial charge >= 0.3 is 0 Å². The van der Waals surface area contributed by atoms with E-state index in [0.29, 0.717) is 5.82 Å². The summed E-state index contributed by atoms with van der Waals surface area (Å²) in [6, 6.07) is 115. The van der Waals surface area contributed by atoms with E-state index < -0.39 is 0 Å². The predicted molar refractivity (Wildman–Crippen MR) is 376 cm³/mol. The van der Waals surface area contributed by atoms with E-state index in [9.17, 15) is 0 Å². The maximum atomic E-state index is 5.65. The number of rotatable bonds is 8. The van der Waals surface area contributed by atoms with Crippen LogP contribution < -0.4 is 0 Å². The van der Waals surface area contributed by atoms with Gasteiger partial charge in [-0.2, -0.15) is 0 Å². The fourth-order valence-electron chi connectivity index (χ4n) is 14.6. The molecule has 0 saturated carbocycles. The van der Waals surface area contributed by atoms with E-state index >= 15 is 0 Å². The lowest BCUT2D eigenvalue weighted by molar-refractivity contribution is 1.08. The van der Waals surface area contributed by atoms with Crippen molar-refractivity contribution >= 4 is 109 Å². The second kappa shape index (κ2) is 19.7. The molecule has 5 aromatic heterocycles. The van der Waals surface area contributed by atoms with Gasteiger partial charge in [-0.1, -0.05) is 212 Å². The third kappa shape index (κ3) is 7.65. The van der Waals surface area contributed by atoms with Crippen molar-refractivity contribution in [2.45, 2.75) is 0 Å². The van der Waals surface area contributed by atoms with Crippen LogP contribution in [0, 0.1) is 0 Å². The number of benzene rings is 14. The van der Waals surface area contributed by atoms with E-state index in [1.807, 2.05) is 0 Å². The van der Waals surface area contributed by atoms with E-state index in [2.05, 4.69) is 334 Å². The van der Waals surface area contributed by atoms with Crippen molar-refractivity contribution < 1.29 is 0 Å². The van der Waals surface area contributed by atoms with Crippen LogP contribution in [0.5, 0.6) is 0 Å². The highest BCUT2D eigenvalue weighted by Crippen LogP contribution is 2.43. The molecule has 90 heavy (non-hydrogen) atoms. The van der Waals surface area contributed by atoms with Crippen molar-refractivity contribution in [1.29, 1.82) is 0 Å². The third-order valence-corrected chi connectivity index (χ3v) is 18.8. The maximum Gasteiger partial charge on any atom is 0.162 e. The van der Waals surface area contributed by atoms with Crippen LogP contribution in [-0.4, -0.2) is 28.2 Å². The second-order valence-electron chi connectivity index (χ2n) is 23.7. The molecule has 0 fully saturated rings. The molecule has 0 aliphatic heterocycles. The van der Waals surface area contributed by atoms with Gasteiger partial charge in [0.1, 0.15) is 5.82 Å². The van der Waals surface area contributed by atoms with Crippen molar-refractivity contribution in [3.63, 3.8) is 0 Å². The van der Waals surface area contributed by atoms with Gasteiger partial charge in [-0.05, 0) is 142 Å². The molecule has 418 valence electrons. The van der Waals surface area contributed by atoms with E-state index in [4.69, 9.17) is 9.97 Å². The molecule has 0 amide bonds. The Bertz CT molecular complexity index is 6140. The summed E-state index contributed by atoms with van der Waals surface area (Å²) in [5.74, 6) is 1.51. The molecule has 6 heteroatoms. The van der Waals surface area contributed by atoms with Crippen molar-refractivity contribution in [2.75, 3.05) is 0 Å². The smallest absolute Gasteiger partial charge is 0.162 e. The standard InChI is InChI=1S/C84H52N6/c1-3-20-61(21-4-1)87-75-31-14-11-28-67(75)72-49-57(41-46-78(72)87)59-39-43-69-65-26-9-13-30-74(65)89(80(69)51-59)63-24-17-19-56(48-63)53-34-36-55(37-35-53)83-85-82-64-25-8-7-18-54(64)38-45-71(82)84(86-83)90-77-33-16-10-27-66(77)70-44-40-60(52-81(70)90)58-42-47-79-73(50-58)68-29-12-15-32-76(68)88(79)62-22-5-2-6-23-62/h1-52H. The molecule has 0 unspecified atom stereocenters. The summed E-state index contributed by atoms with van der Waals surface area (Å²) in [4.78, 5) is 11.1. The molecule has 0 saturated heterocycles. The van der Waals surface area contributed by atoms with Gasteiger partial charge in [0.15, 0.2) is 5.82 Å². The summed E-state index contributed by atoms with van der Waals surface area (Å²) in [7, 11) is 0. The van der Waals surface area contributed by atoms with Gasteiger partial charge in [0, 0.05) is 76.5 Å². The second-order valence-corrected chi connectivity index (χ2v) is 23.7. The lowest BCUT2D eigenvalue weighted by Gasteiger charge is -2.15. The predicted octanol–water partition coefficient (Wildman–Crippen LogP) is 21.8. The van der Waals surface area contributed by atoms with E-state index in [1.165, 1.54) is 81.8 Å². The van der Waals surface area contributed by atoms with E-state index in [1.54, 1.807) is 0 Å². The Morgan fingerprint density at radius 1 is 0.189 bits per heavy atom. The highest BCUT2D eigenvalue weighted by Gasteiger charge is 2.22. The van der Waals surface area contributed by atoms with Gasteiger partial charge in [-0.3, -0.25) is 4.57 Å². The summed E-state index contributed by atoms with van der Waals surface area (Å²) in [5, 5.41) is 12.9. The normalized spacial score (nSPS) is 12.0. The average molecular weight is 1150 g/mol. The first-order valence-electron chi connectivity index (χ1n) is 30.8. The molecule has 19 rings (SSSR count). The molecule has 14 aromatic carbocycles. The molecule has 0 N–H and O–H groups in total. The molecule has 0 bridgehead atoms. The molecule has 0 aliphatic rings. The molecule has 19 aromatic rings. The Hall–Kier alpha value is -12.1. The molecule has 0 aliphatic carbocycles. The van der Waals surface area contributed by atoms with Crippen LogP contribution in [0.25, 0.3) is 177 Å². The number of hydrogen-bond donors (Lipinski definition) is 0. The molecular formula is C84H52N6. The molecular weight excluding hydrogens is 1090 g/mol. The number of fused-ring (bicyclic) bond motifs is 15. The lowest BCUT2D eigenvalue weighted by atomic mass is 10.0.